The predicted octanol–water partition coefficient (Wildman–Crippen LogP) is 2.92. The van der Waals surface area contributed by atoms with Gasteiger partial charge < -0.3 is 4.74 Å². The van der Waals surface area contributed by atoms with E-state index in [0.717, 1.165) is 6.42 Å². The van der Waals surface area contributed by atoms with Gasteiger partial charge in [-0.2, -0.15) is 0 Å². The first-order valence-corrected chi connectivity index (χ1v) is 5.78. The summed E-state index contributed by atoms with van der Waals surface area (Å²) in [5.74, 6) is 0. The summed E-state index contributed by atoms with van der Waals surface area (Å²) in [6.07, 6.45) is 5.66. The quantitative estimate of drug-likeness (QED) is 0.692. The molecule has 0 aromatic heterocycles. The lowest BCUT2D eigenvalue weighted by Crippen LogP contribution is -2.13. The van der Waals surface area contributed by atoms with Crippen LogP contribution in [0.25, 0.3) is 0 Å². The molecule has 0 amide bonds. The largest absolute Gasteiger partial charge is 0.360 e. The average Bonchev–Trinajstić information content (AvgIpc) is 2.92. The third-order valence-electron chi connectivity index (χ3n) is 3.20. The number of hydrogen-bond donors (Lipinski definition) is 0. The van der Waals surface area contributed by atoms with Crippen molar-refractivity contribution in [1.29, 1.82) is 0 Å². The van der Waals surface area contributed by atoms with Crippen LogP contribution in [0.5, 0.6) is 0 Å². The molecule has 0 spiro atoms. The van der Waals surface area contributed by atoms with Crippen LogP contribution in [0, 0.1) is 0 Å². The fraction of sp³-hybridized carbons (Fsp3) is 0.357. The van der Waals surface area contributed by atoms with Gasteiger partial charge in [0.05, 0.1) is 12.1 Å². The SMILES string of the molecule is CC(N=C1C[C@H]2C=C[C@@H]1O2)c1ccccc1. The summed E-state index contributed by atoms with van der Waals surface area (Å²) in [5, 5.41) is 0. The van der Waals surface area contributed by atoms with Gasteiger partial charge >= 0.3 is 0 Å². The minimum atomic E-state index is 0.149. The summed E-state index contributed by atoms with van der Waals surface area (Å²) in [7, 11) is 0. The van der Waals surface area contributed by atoms with Gasteiger partial charge in [-0.1, -0.05) is 42.5 Å². The van der Waals surface area contributed by atoms with E-state index in [-0.39, 0.29) is 18.2 Å². The van der Waals surface area contributed by atoms with Crippen LogP contribution in [0.2, 0.25) is 0 Å². The number of ether oxygens (including phenoxy) is 1. The highest BCUT2D eigenvalue weighted by atomic mass is 16.5. The highest BCUT2D eigenvalue weighted by Gasteiger charge is 2.33. The topological polar surface area (TPSA) is 21.6 Å². The van der Waals surface area contributed by atoms with Crippen molar-refractivity contribution in [2.24, 2.45) is 4.99 Å². The molecular formula is C14H15NO. The van der Waals surface area contributed by atoms with Crippen LogP contribution in [-0.2, 0) is 4.74 Å². The van der Waals surface area contributed by atoms with Crippen molar-refractivity contribution in [2.75, 3.05) is 0 Å². The molecule has 1 aromatic carbocycles. The van der Waals surface area contributed by atoms with Gasteiger partial charge in [-0.15, -0.1) is 0 Å². The molecule has 0 saturated carbocycles. The second-order valence-corrected chi connectivity index (χ2v) is 4.39. The van der Waals surface area contributed by atoms with E-state index in [4.69, 9.17) is 9.73 Å². The molecule has 1 fully saturated rings. The molecule has 3 rings (SSSR count). The molecule has 0 aliphatic carbocycles. The minimum absolute atomic E-state index is 0.149. The van der Waals surface area contributed by atoms with E-state index < -0.39 is 0 Å². The van der Waals surface area contributed by atoms with Gasteiger partial charge in [0, 0.05) is 12.1 Å². The lowest BCUT2D eigenvalue weighted by atomic mass is 10.0. The van der Waals surface area contributed by atoms with E-state index in [9.17, 15) is 0 Å². The van der Waals surface area contributed by atoms with Gasteiger partial charge in [0.2, 0.25) is 0 Å². The van der Waals surface area contributed by atoms with E-state index in [0.29, 0.717) is 0 Å². The Morgan fingerprint density at radius 1 is 1.25 bits per heavy atom. The van der Waals surface area contributed by atoms with E-state index in [1.165, 1.54) is 11.3 Å². The highest BCUT2D eigenvalue weighted by molar-refractivity contribution is 5.94. The number of rotatable bonds is 2. The smallest absolute Gasteiger partial charge is 0.114 e. The number of hydrogen-bond acceptors (Lipinski definition) is 2. The van der Waals surface area contributed by atoms with Crippen LogP contribution in [0.15, 0.2) is 47.5 Å². The molecule has 0 radical (unpaired) electrons. The minimum Gasteiger partial charge on any atom is -0.360 e. The molecule has 2 bridgehead atoms. The fourth-order valence-corrected chi connectivity index (χ4v) is 2.31. The predicted molar refractivity (Wildman–Crippen MR) is 64.7 cm³/mol. The van der Waals surface area contributed by atoms with Crippen LogP contribution < -0.4 is 0 Å². The summed E-state index contributed by atoms with van der Waals surface area (Å²) in [6, 6.07) is 10.6. The van der Waals surface area contributed by atoms with Crippen molar-refractivity contribution in [3.05, 3.63) is 48.0 Å². The maximum absolute atomic E-state index is 5.68. The zero-order valence-electron chi connectivity index (χ0n) is 9.34. The molecule has 0 N–H and O–H groups in total. The van der Waals surface area contributed by atoms with Gasteiger partial charge in [-0.3, -0.25) is 4.99 Å². The van der Waals surface area contributed by atoms with E-state index in [2.05, 4.69) is 43.3 Å². The van der Waals surface area contributed by atoms with Crippen LogP contribution in [0.3, 0.4) is 0 Å². The molecular weight excluding hydrogens is 198 g/mol. The van der Waals surface area contributed by atoms with Gasteiger partial charge in [-0.05, 0) is 12.5 Å². The van der Waals surface area contributed by atoms with Crippen molar-refractivity contribution in [1.82, 2.24) is 0 Å². The number of benzene rings is 1. The van der Waals surface area contributed by atoms with Gasteiger partial charge in [0.25, 0.3) is 0 Å². The van der Waals surface area contributed by atoms with Gasteiger partial charge in [0.15, 0.2) is 0 Å². The van der Waals surface area contributed by atoms with Crippen LogP contribution in [0.1, 0.15) is 24.9 Å². The van der Waals surface area contributed by atoms with Crippen LogP contribution in [-0.4, -0.2) is 17.9 Å². The molecule has 2 aliphatic rings. The normalized spacial score (nSPS) is 31.2. The Balaban J connectivity index is 1.80. The average molecular weight is 213 g/mol. The summed E-state index contributed by atoms with van der Waals surface area (Å²) >= 11 is 0. The monoisotopic (exact) mass is 213 g/mol. The number of fused-ring (bicyclic) bond motifs is 2. The summed E-state index contributed by atoms with van der Waals surface area (Å²) in [4.78, 5) is 4.77. The second kappa shape index (κ2) is 3.87. The molecule has 3 atom stereocenters. The van der Waals surface area contributed by atoms with Crippen molar-refractivity contribution in [3.8, 4) is 0 Å². The Bertz CT molecular complexity index is 435. The standard InChI is InChI=1S/C14H15NO/c1-10(11-5-3-2-4-6-11)15-13-9-12-7-8-14(13)16-12/h2-8,10,12,14H,9H2,1H3/t10?,12-,14+/m1/s1. The van der Waals surface area contributed by atoms with Crippen LogP contribution in [0.4, 0.5) is 0 Å². The van der Waals surface area contributed by atoms with Crippen molar-refractivity contribution < 1.29 is 4.74 Å². The Labute approximate surface area is 95.7 Å². The first-order valence-electron chi connectivity index (χ1n) is 5.78. The second-order valence-electron chi connectivity index (χ2n) is 4.39. The van der Waals surface area contributed by atoms with Crippen molar-refractivity contribution >= 4 is 5.71 Å². The molecule has 2 nitrogen and oxygen atoms in total. The van der Waals surface area contributed by atoms with E-state index in [1.54, 1.807) is 0 Å². The summed E-state index contributed by atoms with van der Waals surface area (Å²) in [6.45, 7) is 2.14. The molecule has 2 heterocycles. The number of aliphatic imine (C=N–C) groups is 1. The van der Waals surface area contributed by atoms with E-state index >= 15 is 0 Å². The zero-order valence-corrected chi connectivity index (χ0v) is 9.34. The van der Waals surface area contributed by atoms with Gasteiger partial charge in [0.1, 0.15) is 6.10 Å². The Morgan fingerprint density at radius 2 is 2.06 bits per heavy atom. The molecule has 1 aromatic rings. The Kier molecular flexibility index (Phi) is 2.37. The first-order chi connectivity index (χ1) is 7.83. The molecule has 82 valence electrons. The first kappa shape index (κ1) is 9.79. The summed E-state index contributed by atoms with van der Waals surface area (Å²) < 4.78 is 5.68. The zero-order chi connectivity index (χ0) is 11.0. The number of nitrogens with zero attached hydrogens (tertiary/aromatic N) is 1. The fourth-order valence-electron chi connectivity index (χ4n) is 2.31. The van der Waals surface area contributed by atoms with E-state index in [1.807, 2.05) is 6.07 Å². The summed E-state index contributed by atoms with van der Waals surface area (Å²) in [5.41, 5.74) is 2.46. The third-order valence-corrected chi connectivity index (χ3v) is 3.20. The lowest BCUT2D eigenvalue weighted by molar-refractivity contribution is 0.132. The molecule has 2 aliphatic heterocycles. The maximum Gasteiger partial charge on any atom is 0.114 e. The molecule has 1 saturated heterocycles. The Morgan fingerprint density at radius 3 is 2.69 bits per heavy atom. The van der Waals surface area contributed by atoms with Gasteiger partial charge in [-0.25, -0.2) is 0 Å². The molecule has 1 unspecified atom stereocenters. The Hall–Kier alpha value is -1.41. The third kappa shape index (κ3) is 1.69. The highest BCUT2D eigenvalue weighted by Crippen LogP contribution is 2.28. The van der Waals surface area contributed by atoms with Crippen molar-refractivity contribution in [3.63, 3.8) is 0 Å². The van der Waals surface area contributed by atoms with Crippen molar-refractivity contribution in [2.45, 2.75) is 31.6 Å². The lowest BCUT2D eigenvalue weighted by Gasteiger charge is -2.10. The maximum atomic E-state index is 5.68. The molecule has 2 heteroatoms. The van der Waals surface area contributed by atoms with Crippen LogP contribution >= 0.6 is 0 Å². The molecule has 16 heavy (non-hydrogen) atoms.